The van der Waals surface area contributed by atoms with E-state index in [1.165, 1.54) is 6.08 Å². The van der Waals surface area contributed by atoms with Crippen LogP contribution in [0.25, 0.3) is 0 Å². The summed E-state index contributed by atoms with van der Waals surface area (Å²) in [7, 11) is 0. The van der Waals surface area contributed by atoms with E-state index in [2.05, 4.69) is 4.99 Å². The second kappa shape index (κ2) is 5.26. The van der Waals surface area contributed by atoms with Gasteiger partial charge in [0, 0.05) is 0 Å². The number of carbonyl (C=O) groups is 1. The van der Waals surface area contributed by atoms with E-state index in [-0.39, 0.29) is 17.8 Å². The van der Waals surface area contributed by atoms with Gasteiger partial charge < -0.3 is 4.74 Å². The number of isocyanates is 1. The van der Waals surface area contributed by atoms with Crippen LogP contribution in [0.3, 0.4) is 0 Å². The van der Waals surface area contributed by atoms with Gasteiger partial charge in [0.2, 0.25) is 6.08 Å². The Hall–Kier alpha value is -1.15. The predicted molar refractivity (Wildman–Crippen MR) is 59.7 cm³/mol. The van der Waals surface area contributed by atoms with E-state index >= 15 is 0 Å². The van der Waals surface area contributed by atoms with Crippen molar-refractivity contribution >= 4 is 12.0 Å². The molecule has 1 aliphatic carbocycles. The molecule has 0 aromatic heterocycles. The van der Waals surface area contributed by atoms with Crippen LogP contribution in [0.2, 0.25) is 0 Å². The molecule has 1 unspecified atom stereocenters. The first-order valence-corrected chi connectivity index (χ1v) is 5.70. The van der Waals surface area contributed by atoms with E-state index in [1.807, 2.05) is 20.8 Å². The number of hydrogen-bond donors (Lipinski definition) is 0. The molecular weight excluding hydrogens is 206 g/mol. The molecule has 0 saturated heterocycles. The minimum absolute atomic E-state index is 0.101. The van der Waals surface area contributed by atoms with Gasteiger partial charge in [0.15, 0.2) is 0 Å². The molecule has 1 rings (SSSR count). The van der Waals surface area contributed by atoms with Crippen LogP contribution in [0, 0.1) is 11.8 Å². The minimum Gasteiger partial charge on any atom is -0.460 e. The van der Waals surface area contributed by atoms with Crippen molar-refractivity contribution in [1.29, 1.82) is 0 Å². The van der Waals surface area contributed by atoms with E-state index in [0.29, 0.717) is 6.54 Å². The van der Waals surface area contributed by atoms with E-state index < -0.39 is 5.60 Å². The summed E-state index contributed by atoms with van der Waals surface area (Å²) in [6, 6.07) is 0. The number of nitrogens with zero attached hydrogens (tertiary/aromatic N) is 1. The predicted octanol–water partition coefficient (Wildman–Crippen LogP) is 2.08. The lowest BCUT2D eigenvalue weighted by molar-refractivity contribution is -0.161. The molecule has 90 valence electrons. The third kappa shape index (κ3) is 3.78. The van der Waals surface area contributed by atoms with Gasteiger partial charge in [-0.2, -0.15) is 0 Å². The third-order valence-corrected chi connectivity index (χ3v) is 2.76. The van der Waals surface area contributed by atoms with E-state index in [9.17, 15) is 9.59 Å². The molecule has 16 heavy (non-hydrogen) atoms. The quantitative estimate of drug-likeness (QED) is 0.420. The molecule has 1 saturated carbocycles. The SMILES string of the molecule is CC(C)(C)OC(=O)C1CCC[C@@H]1CN=C=O. The minimum atomic E-state index is -0.446. The number of aliphatic imine (C=N–C) groups is 1. The summed E-state index contributed by atoms with van der Waals surface area (Å²) in [6.07, 6.45) is 4.31. The molecule has 0 radical (unpaired) electrons. The maximum atomic E-state index is 11.9. The Morgan fingerprint density at radius 1 is 1.44 bits per heavy atom. The second-order valence-electron chi connectivity index (χ2n) is 5.26. The second-order valence-corrected chi connectivity index (χ2v) is 5.26. The zero-order valence-corrected chi connectivity index (χ0v) is 10.2. The highest BCUT2D eigenvalue weighted by molar-refractivity contribution is 5.73. The summed E-state index contributed by atoms with van der Waals surface area (Å²) < 4.78 is 5.35. The van der Waals surface area contributed by atoms with Crippen molar-refractivity contribution in [3.8, 4) is 0 Å². The fourth-order valence-corrected chi connectivity index (χ4v) is 2.10. The Morgan fingerprint density at radius 2 is 2.12 bits per heavy atom. The van der Waals surface area contributed by atoms with E-state index in [4.69, 9.17) is 4.74 Å². The van der Waals surface area contributed by atoms with Crippen molar-refractivity contribution < 1.29 is 14.3 Å². The number of hydrogen-bond acceptors (Lipinski definition) is 4. The van der Waals surface area contributed by atoms with Gasteiger partial charge in [0.25, 0.3) is 0 Å². The van der Waals surface area contributed by atoms with Crippen molar-refractivity contribution in [1.82, 2.24) is 0 Å². The molecule has 0 aromatic carbocycles. The topological polar surface area (TPSA) is 55.7 Å². The van der Waals surface area contributed by atoms with Crippen LogP contribution >= 0.6 is 0 Å². The van der Waals surface area contributed by atoms with Gasteiger partial charge in [-0.05, 0) is 39.5 Å². The average molecular weight is 225 g/mol. The van der Waals surface area contributed by atoms with Gasteiger partial charge >= 0.3 is 5.97 Å². The van der Waals surface area contributed by atoms with Crippen molar-refractivity contribution in [2.45, 2.75) is 45.6 Å². The van der Waals surface area contributed by atoms with Crippen molar-refractivity contribution in [3.05, 3.63) is 0 Å². The molecule has 4 nitrogen and oxygen atoms in total. The molecule has 4 heteroatoms. The van der Waals surface area contributed by atoms with E-state index in [1.54, 1.807) is 0 Å². The lowest BCUT2D eigenvalue weighted by atomic mass is 9.96. The Bertz CT molecular complexity index is 300. The van der Waals surface area contributed by atoms with Crippen LogP contribution in [-0.4, -0.2) is 24.2 Å². The van der Waals surface area contributed by atoms with Crippen molar-refractivity contribution in [3.63, 3.8) is 0 Å². The molecule has 0 bridgehead atoms. The summed E-state index contributed by atoms with van der Waals surface area (Å²) in [6.45, 7) is 5.97. The van der Waals surface area contributed by atoms with Gasteiger partial charge in [0.1, 0.15) is 5.60 Å². The van der Waals surface area contributed by atoms with Crippen molar-refractivity contribution in [2.24, 2.45) is 16.8 Å². The maximum absolute atomic E-state index is 11.9. The first-order chi connectivity index (χ1) is 7.44. The van der Waals surface area contributed by atoms with E-state index in [0.717, 1.165) is 19.3 Å². The zero-order chi connectivity index (χ0) is 12.2. The number of carbonyl (C=O) groups excluding carboxylic acids is 2. The molecule has 0 N–H and O–H groups in total. The van der Waals surface area contributed by atoms with Crippen LogP contribution in [0.15, 0.2) is 4.99 Å². The summed E-state index contributed by atoms with van der Waals surface area (Å²) in [5.41, 5.74) is -0.446. The standard InChI is InChI=1S/C12H19NO3/c1-12(2,3)16-11(15)10-6-4-5-9(10)7-13-8-14/h9-10H,4-7H2,1-3H3/t9-,10?/m1/s1. The van der Waals surface area contributed by atoms with Crippen LogP contribution in [0.1, 0.15) is 40.0 Å². The van der Waals surface area contributed by atoms with Crippen LogP contribution < -0.4 is 0 Å². The van der Waals surface area contributed by atoms with Crippen LogP contribution in [0.4, 0.5) is 0 Å². The molecular formula is C12H19NO3. The number of esters is 1. The molecule has 0 amide bonds. The van der Waals surface area contributed by atoms with Gasteiger partial charge in [-0.15, -0.1) is 0 Å². The lowest BCUT2D eigenvalue weighted by Gasteiger charge is -2.24. The fraction of sp³-hybridized carbons (Fsp3) is 0.833. The highest BCUT2D eigenvalue weighted by Gasteiger charge is 2.35. The van der Waals surface area contributed by atoms with Gasteiger partial charge in [-0.3, -0.25) is 4.79 Å². The molecule has 1 fully saturated rings. The molecule has 2 atom stereocenters. The molecule has 0 spiro atoms. The first-order valence-electron chi connectivity index (χ1n) is 5.70. The molecule has 0 aliphatic heterocycles. The third-order valence-electron chi connectivity index (χ3n) is 2.76. The smallest absolute Gasteiger partial charge is 0.309 e. The average Bonchev–Trinajstić information content (AvgIpc) is 2.59. The summed E-state index contributed by atoms with van der Waals surface area (Å²) in [5.74, 6) is -0.108. The summed E-state index contributed by atoms with van der Waals surface area (Å²) >= 11 is 0. The largest absolute Gasteiger partial charge is 0.460 e. The Labute approximate surface area is 96.1 Å². The molecule has 0 heterocycles. The Balaban J connectivity index is 2.57. The Morgan fingerprint density at radius 3 is 2.69 bits per heavy atom. The molecule has 0 aromatic rings. The maximum Gasteiger partial charge on any atom is 0.309 e. The highest BCUT2D eigenvalue weighted by Crippen LogP contribution is 2.33. The van der Waals surface area contributed by atoms with Crippen LogP contribution in [-0.2, 0) is 14.3 Å². The monoisotopic (exact) mass is 225 g/mol. The first kappa shape index (κ1) is 12.9. The fourth-order valence-electron chi connectivity index (χ4n) is 2.10. The normalized spacial score (nSPS) is 24.9. The van der Waals surface area contributed by atoms with Gasteiger partial charge in [-0.1, -0.05) is 6.42 Å². The summed E-state index contributed by atoms with van der Waals surface area (Å²) in [5, 5.41) is 0. The van der Waals surface area contributed by atoms with Gasteiger partial charge in [-0.25, -0.2) is 9.79 Å². The summed E-state index contributed by atoms with van der Waals surface area (Å²) in [4.78, 5) is 25.5. The zero-order valence-electron chi connectivity index (χ0n) is 10.2. The molecule has 1 aliphatic rings. The number of ether oxygens (including phenoxy) is 1. The number of rotatable bonds is 3. The lowest BCUT2D eigenvalue weighted by Crippen LogP contribution is -2.31. The van der Waals surface area contributed by atoms with Crippen molar-refractivity contribution in [2.75, 3.05) is 6.54 Å². The Kier molecular flexibility index (Phi) is 4.25. The highest BCUT2D eigenvalue weighted by atomic mass is 16.6. The van der Waals surface area contributed by atoms with Crippen LogP contribution in [0.5, 0.6) is 0 Å². The van der Waals surface area contributed by atoms with Gasteiger partial charge in [0.05, 0.1) is 12.5 Å².